The van der Waals surface area contributed by atoms with E-state index in [1.165, 1.54) is 18.4 Å². The molecule has 1 N–H and O–H groups in total. The van der Waals surface area contributed by atoms with Crippen LogP contribution in [0.3, 0.4) is 0 Å². The average Bonchev–Trinajstić information content (AvgIpc) is 3.48. The van der Waals surface area contributed by atoms with Crippen molar-refractivity contribution in [3.8, 4) is 0 Å². The zero-order valence-corrected chi connectivity index (χ0v) is 16.5. The Kier molecular flexibility index (Phi) is 5.85. The van der Waals surface area contributed by atoms with Crippen LogP contribution in [0.1, 0.15) is 49.8 Å². The van der Waals surface area contributed by atoms with Crippen molar-refractivity contribution in [1.29, 1.82) is 0 Å². The van der Waals surface area contributed by atoms with Crippen LogP contribution in [0.4, 0.5) is 10.6 Å². The highest BCUT2D eigenvalue weighted by Gasteiger charge is 2.25. The van der Waals surface area contributed by atoms with Crippen molar-refractivity contribution in [2.24, 2.45) is 0 Å². The Morgan fingerprint density at radius 1 is 1.18 bits per heavy atom. The van der Waals surface area contributed by atoms with Gasteiger partial charge in [0.05, 0.1) is 11.9 Å². The van der Waals surface area contributed by atoms with E-state index in [0.717, 1.165) is 51.3 Å². The van der Waals surface area contributed by atoms with Gasteiger partial charge in [0, 0.05) is 56.9 Å². The lowest BCUT2D eigenvalue weighted by Gasteiger charge is -2.21. The Morgan fingerprint density at radius 3 is 2.82 bits per heavy atom. The van der Waals surface area contributed by atoms with Crippen molar-refractivity contribution in [2.45, 2.75) is 51.6 Å². The number of aryl methyl sites for hydroxylation is 1. The summed E-state index contributed by atoms with van der Waals surface area (Å²) in [6.45, 7) is 7.30. The van der Waals surface area contributed by atoms with Crippen molar-refractivity contribution in [2.75, 3.05) is 31.5 Å². The molecule has 0 spiro atoms. The fraction of sp³-hybridized carbons (Fsp3) is 0.600. The molecule has 0 bridgehead atoms. The maximum atomic E-state index is 12.6. The molecule has 3 heterocycles. The van der Waals surface area contributed by atoms with Gasteiger partial charge in [-0.05, 0) is 37.8 Å². The number of urea groups is 1. The second-order valence-corrected chi connectivity index (χ2v) is 7.78. The summed E-state index contributed by atoms with van der Waals surface area (Å²) in [5.41, 5.74) is 2.27. The molecule has 0 atom stereocenters. The summed E-state index contributed by atoms with van der Waals surface area (Å²) in [5.74, 6) is 1.10. The molecule has 4 rings (SSSR count). The van der Waals surface area contributed by atoms with Gasteiger partial charge in [0.2, 0.25) is 0 Å². The minimum absolute atomic E-state index is 0.0916. The highest BCUT2D eigenvalue weighted by Crippen LogP contribution is 2.38. The molecule has 150 valence electrons. The quantitative estimate of drug-likeness (QED) is 0.830. The first-order valence-electron chi connectivity index (χ1n) is 10.3. The Bertz CT molecular complexity index is 784. The van der Waals surface area contributed by atoms with E-state index in [2.05, 4.69) is 38.6 Å². The summed E-state index contributed by atoms with van der Waals surface area (Å²) >= 11 is 0. The van der Waals surface area contributed by atoms with Crippen molar-refractivity contribution in [3.63, 3.8) is 0 Å². The van der Waals surface area contributed by atoms with Crippen LogP contribution in [0, 0.1) is 0 Å². The van der Waals surface area contributed by atoms with Crippen LogP contribution in [0.15, 0.2) is 24.5 Å². The maximum absolute atomic E-state index is 12.6. The van der Waals surface area contributed by atoms with Gasteiger partial charge in [-0.15, -0.1) is 5.10 Å². The van der Waals surface area contributed by atoms with E-state index in [9.17, 15) is 4.79 Å². The maximum Gasteiger partial charge on any atom is 0.323 e. The molecule has 2 amide bonds. The minimum atomic E-state index is -0.0916. The summed E-state index contributed by atoms with van der Waals surface area (Å²) in [6.07, 6.45) is 8.53. The van der Waals surface area contributed by atoms with Crippen molar-refractivity contribution < 1.29 is 4.79 Å². The largest absolute Gasteiger partial charge is 0.323 e. The summed E-state index contributed by atoms with van der Waals surface area (Å²) < 4.78 is 2.00. The summed E-state index contributed by atoms with van der Waals surface area (Å²) in [5, 5.41) is 15.7. The second-order valence-electron chi connectivity index (χ2n) is 7.78. The third kappa shape index (κ3) is 4.86. The summed E-state index contributed by atoms with van der Waals surface area (Å²) in [7, 11) is 0. The van der Waals surface area contributed by atoms with Gasteiger partial charge in [-0.25, -0.2) is 4.79 Å². The molecule has 1 saturated heterocycles. The molecule has 8 heteroatoms. The van der Waals surface area contributed by atoms with Gasteiger partial charge < -0.3 is 4.90 Å². The van der Waals surface area contributed by atoms with E-state index in [1.54, 1.807) is 0 Å². The van der Waals surface area contributed by atoms with E-state index in [-0.39, 0.29) is 6.03 Å². The normalized spacial score (nSPS) is 18.1. The molecule has 2 aromatic rings. The molecular formula is C20H29N7O. The Hall–Kier alpha value is -2.48. The number of nitrogens with zero attached hydrogens (tertiary/aromatic N) is 6. The highest BCUT2D eigenvalue weighted by molar-refractivity contribution is 5.88. The second kappa shape index (κ2) is 8.68. The van der Waals surface area contributed by atoms with Crippen LogP contribution in [0.25, 0.3) is 0 Å². The van der Waals surface area contributed by atoms with Crippen molar-refractivity contribution in [1.82, 2.24) is 29.8 Å². The number of amides is 2. The third-order valence-electron chi connectivity index (χ3n) is 5.34. The lowest BCUT2D eigenvalue weighted by Crippen LogP contribution is -2.38. The molecule has 2 aliphatic rings. The SMILES string of the molecule is CCCn1cc(CN2CCCN(C(=O)Nc3ccc(C4CC4)nn3)CC2)cn1. The molecule has 1 aliphatic heterocycles. The molecule has 8 nitrogen and oxygen atoms in total. The van der Waals surface area contributed by atoms with Gasteiger partial charge in [-0.3, -0.25) is 14.9 Å². The van der Waals surface area contributed by atoms with E-state index in [1.807, 2.05) is 27.9 Å². The van der Waals surface area contributed by atoms with E-state index < -0.39 is 0 Å². The number of carbonyl (C=O) groups excluding carboxylic acids is 1. The van der Waals surface area contributed by atoms with Crippen LogP contribution in [-0.4, -0.2) is 62.0 Å². The van der Waals surface area contributed by atoms with Crippen molar-refractivity contribution >= 4 is 11.8 Å². The van der Waals surface area contributed by atoms with Crippen LogP contribution >= 0.6 is 0 Å². The van der Waals surface area contributed by atoms with Crippen LogP contribution < -0.4 is 5.32 Å². The fourth-order valence-electron chi connectivity index (χ4n) is 3.62. The van der Waals surface area contributed by atoms with E-state index >= 15 is 0 Å². The number of carbonyl (C=O) groups is 1. The van der Waals surface area contributed by atoms with Crippen LogP contribution in [-0.2, 0) is 13.1 Å². The molecule has 1 saturated carbocycles. The van der Waals surface area contributed by atoms with Crippen LogP contribution in [0.2, 0.25) is 0 Å². The topological polar surface area (TPSA) is 79.2 Å². The molecular weight excluding hydrogens is 354 g/mol. The lowest BCUT2D eigenvalue weighted by molar-refractivity contribution is 0.211. The number of rotatable bonds is 6. The van der Waals surface area contributed by atoms with Gasteiger partial charge in [0.25, 0.3) is 0 Å². The molecule has 0 aromatic carbocycles. The van der Waals surface area contributed by atoms with Gasteiger partial charge in [0.1, 0.15) is 0 Å². The monoisotopic (exact) mass is 383 g/mol. The number of anilines is 1. The Morgan fingerprint density at radius 2 is 2.07 bits per heavy atom. The first kappa shape index (κ1) is 18.9. The smallest absolute Gasteiger partial charge is 0.323 e. The number of hydrogen-bond acceptors (Lipinski definition) is 5. The first-order chi connectivity index (χ1) is 13.7. The summed E-state index contributed by atoms with van der Waals surface area (Å²) in [6, 6.07) is 3.74. The minimum Gasteiger partial charge on any atom is -0.323 e. The number of hydrogen-bond donors (Lipinski definition) is 1. The molecule has 28 heavy (non-hydrogen) atoms. The number of nitrogens with one attached hydrogen (secondary N) is 1. The average molecular weight is 384 g/mol. The molecule has 0 unspecified atom stereocenters. The predicted octanol–water partition coefficient (Wildman–Crippen LogP) is 2.70. The van der Waals surface area contributed by atoms with Gasteiger partial charge in [-0.1, -0.05) is 6.92 Å². The highest BCUT2D eigenvalue weighted by atomic mass is 16.2. The number of aromatic nitrogens is 4. The predicted molar refractivity (Wildman–Crippen MR) is 107 cm³/mol. The zero-order valence-electron chi connectivity index (χ0n) is 16.5. The lowest BCUT2D eigenvalue weighted by atomic mass is 10.3. The third-order valence-corrected chi connectivity index (χ3v) is 5.34. The van der Waals surface area contributed by atoms with Gasteiger partial charge in [-0.2, -0.15) is 10.2 Å². The van der Waals surface area contributed by atoms with E-state index in [4.69, 9.17) is 0 Å². The van der Waals surface area contributed by atoms with Crippen molar-refractivity contribution in [3.05, 3.63) is 35.8 Å². The standard InChI is InChI=1S/C20H29N7O/c1-2-8-27-15-16(13-21-27)14-25-9-3-10-26(12-11-25)20(28)22-19-7-6-18(23-24-19)17-4-5-17/h6-7,13,15,17H,2-5,8-12,14H2,1H3,(H,22,24,28). The Balaban J connectivity index is 1.27. The van der Waals surface area contributed by atoms with E-state index in [0.29, 0.717) is 18.3 Å². The zero-order chi connectivity index (χ0) is 19.3. The molecule has 1 aliphatic carbocycles. The summed E-state index contributed by atoms with van der Waals surface area (Å²) in [4.78, 5) is 16.9. The van der Waals surface area contributed by atoms with Crippen LogP contribution in [0.5, 0.6) is 0 Å². The van der Waals surface area contributed by atoms with Gasteiger partial charge >= 0.3 is 6.03 Å². The molecule has 2 aromatic heterocycles. The first-order valence-corrected chi connectivity index (χ1v) is 10.3. The molecule has 0 radical (unpaired) electrons. The van der Waals surface area contributed by atoms with Gasteiger partial charge in [0.15, 0.2) is 5.82 Å². The fourth-order valence-corrected chi connectivity index (χ4v) is 3.62. The molecule has 2 fully saturated rings. The Labute approximate surface area is 165 Å².